The van der Waals surface area contributed by atoms with Gasteiger partial charge in [0, 0.05) is 19.1 Å². The summed E-state index contributed by atoms with van der Waals surface area (Å²) in [6.45, 7) is 1.98. The second kappa shape index (κ2) is 11.4. The second-order valence-corrected chi connectivity index (χ2v) is 10.2. The summed E-state index contributed by atoms with van der Waals surface area (Å²) in [6.07, 6.45) is 7.29. The third kappa shape index (κ3) is 5.71. The van der Waals surface area contributed by atoms with Gasteiger partial charge in [-0.15, -0.1) is 0 Å². The molecular weight excluding hydrogens is 492 g/mol. The number of methoxy groups -OCH3 is 1. The van der Waals surface area contributed by atoms with Crippen molar-refractivity contribution in [3.8, 4) is 5.88 Å². The summed E-state index contributed by atoms with van der Waals surface area (Å²) in [5.41, 5.74) is 5.16. The normalized spacial score (nSPS) is 18.8. The van der Waals surface area contributed by atoms with Gasteiger partial charge in [0.25, 0.3) is 0 Å². The number of carbonyl (C=O) groups excluding carboxylic acids is 1. The quantitative estimate of drug-likeness (QED) is 0.271. The molecule has 4 heterocycles. The molecule has 4 aromatic rings. The Morgan fingerprint density at radius 3 is 2.64 bits per heavy atom. The maximum absolute atomic E-state index is 12.1. The molecule has 0 radical (unpaired) electrons. The van der Waals surface area contributed by atoms with Crippen LogP contribution < -0.4 is 4.74 Å². The number of hydrogen-bond acceptors (Lipinski definition) is 7. The van der Waals surface area contributed by atoms with Crippen LogP contribution in [0.1, 0.15) is 53.3 Å². The van der Waals surface area contributed by atoms with Gasteiger partial charge in [-0.25, -0.2) is 19.7 Å². The molecule has 2 atom stereocenters. The Morgan fingerprint density at radius 2 is 1.90 bits per heavy atom. The van der Waals surface area contributed by atoms with E-state index in [1.165, 1.54) is 12.7 Å². The van der Waals surface area contributed by atoms with Crippen LogP contribution in [-0.2, 0) is 29.0 Å². The number of rotatable bonds is 9. The molecule has 0 spiro atoms. The summed E-state index contributed by atoms with van der Waals surface area (Å²) < 4.78 is 18.7. The predicted molar refractivity (Wildman–Crippen MR) is 147 cm³/mol. The maximum Gasteiger partial charge on any atom is 0.356 e. The Bertz CT molecular complexity index is 1490. The Hall–Kier alpha value is -4.04. The fourth-order valence-corrected chi connectivity index (χ4v) is 5.22. The molecule has 8 heteroatoms. The van der Waals surface area contributed by atoms with Gasteiger partial charge in [-0.1, -0.05) is 42.5 Å². The fraction of sp³-hybridized carbons (Fsp3) is 0.355. The summed E-state index contributed by atoms with van der Waals surface area (Å²) in [5.74, 6) is 1.65. The summed E-state index contributed by atoms with van der Waals surface area (Å²) in [5, 5.41) is 0. The van der Waals surface area contributed by atoms with Crippen LogP contribution in [0.4, 0.5) is 0 Å². The molecular formula is C31H32N4O4. The number of benzene rings is 1. The first kappa shape index (κ1) is 25.2. The monoisotopic (exact) mass is 524 g/mol. The Balaban J connectivity index is 1.16. The van der Waals surface area contributed by atoms with Crippen LogP contribution in [0.5, 0.6) is 5.88 Å². The SMILES string of the molecule is COC(=O)c1ccc2nc(CC3CC=C(c4cccc(OCc5ccccc5)n4)CC3)n(C[C@@H]3CCO3)c2n1. The minimum Gasteiger partial charge on any atom is -0.473 e. The van der Waals surface area contributed by atoms with Crippen molar-refractivity contribution in [2.45, 2.75) is 51.4 Å². The molecule has 1 aromatic carbocycles. The standard InChI is InChI=1S/C31H32N4O4/c1-37-31(36)27-15-14-26-30(34-27)35(19-24-16-17-38-24)28(32-26)18-21-10-12-23(13-11-21)25-8-5-9-29(33-25)39-20-22-6-3-2-4-7-22/h2-9,12,14-15,21,24H,10-11,13,16-20H2,1H3/t21?,24-/m0/s1. The van der Waals surface area contributed by atoms with Crippen molar-refractivity contribution in [3.05, 3.63) is 89.5 Å². The van der Waals surface area contributed by atoms with Crippen LogP contribution >= 0.6 is 0 Å². The highest BCUT2D eigenvalue weighted by molar-refractivity contribution is 5.89. The molecule has 1 aliphatic carbocycles. The highest BCUT2D eigenvalue weighted by Gasteiger charge is 2.25. The molecule has 1 aliphatic heterocycles. The first-order valence-electron chi connectivity index (χ1n) is 13.6. The van der Waals surface area contributed by atoms with E-state index in [-0.39, 0.29) is 6.10 Å². The van der Waals surface area contributed by atoms with Gasteiger partial charge in [0.05, 0.1) is 25.5 Å². The van der Waals surface area contributed by atoms with E-state index in [9.17, 15) is 4.79 Å². The van der Waals surface area contributed by atoms with Gasteiger partial charge in [-0.2, -0.15) is 0 Å². The average Bonchev–Trinajstić information content (AvgIpc) is 3.30. The molecule has 0 amide bonds. The van der Waals surface area contributed by atoms with E-state index in [2.05, 4.69) is 33.8 Å². The molecule has 3 aromatic heterocycles. The lowest BCUT2D eigenvalue weighted by molar-refractivity contribution is -0.0591. The van der Waals surface area contributed by atoms with E-state index in [4.69, 9.17) is 24.2 Å². The molecule has 1 unspecified atom stereocenters. The van der Waals surface area contributed by atoms with Crippen LogP contribution in [0, 0.1) is 5.92 Å². The number of allylic oxidation sites excluding steroid dienone is 2. The van der Waals surface area contributed by atoms with E-state index in [1.54, 1.807) is 6.07 Å². The zero-order valence-electron chi connectivity index (χ0n) is 22.1. The number of nitrogens with zero attached hydrogens (tertiary/aromatic N) is 4. The Morgan fingerprint density at radius 1 is 1.03 bits per heavy atom. The van der Waals surface area contributed by atoms with Gasteiger partial charge >= 0.3 is 5.97 Å². The molecule has 39 heavy (non-hydrogen) atoms. The van der Waals surface area contributed by atoms with Crippen LogP contribution in [0.3, 0.4) is 0 Å². The van der Waals surface area contributed by atoms with E-state index >= 15 is 0 Å². The third-order valence-electron chi connectivity index (χ3n) is 7.52. The molecule has 2 aliphatic rings. The van der Waals surface area contributed by atoms with E-state index in [1.807, 2.05) is 36.4 Å². The van der Waals surface area contributed by atoms with Gasteiger partial charge in [-0.05, 0) is 60.9 Å². The van der Waals surface area contributed by atoms with E-state index in [0.29, 0.717) is 36.3 Å². The minimum absolute atomic E-state index is 0.157. The van der Waals surface area contributed by atoms with Crippen LogP contribution in [0.25, 0.3) is 16.7 Å². The predicted octanol–water partition coefficient (Wildman–Crippen LogP) is 5.41. The average molecular weight is 525 g/mol. The van der Waals surface area contributed by atoms with Crippen molar-refractivity contribution >= 4 is 22.7 Å². The third-order valence-corrected chi connectivity index (χ3v) is 7.52. The largest absolute Gasteiger partial charge is 0.473 e. The molecule has 0 bridgehead atoms. The van der Waals surface area contributed by atoms with Crippen molar-refractivity contribution in [2.24, 2.45) is 5.92 Å². The van der Waals surface area contributed by atoms with Crippen molar-refractivity contribution in [1.82, 2.24) is 19.5 Å². The van der Waals surface area contributed by atoms with Gasteiger partial charge in [0.1, 0.15) is 17.9 Å². The number of esters is 1. The van der Waals surface area contributed by atoms with E-state index < -0.39 is 5.97 Å². The Labute approximate surface area is 227 Å². The summed E-state index contributed by atoms with van der Waals surface area (Å²) in [4.78, 5) is 26.4. The summed E-state index contributed by atoms with van der Waals surface area (Å²) in [6, 6.07) is 19.6. The van der Waals surface area contributed by atoms with E-state index in [0.717, 1.165) is 61.3 Å². The van der Waals surface area contributed by atoms with Gasteiger partial charge in [-0.3, -0.25) is 0 Å². The molecule has 0 saturated carbocycles. The number of aromatic nitrogens is 4. The van der Waals surface area contributed by atoms with Gasteiger partial charge in [0.2, 0.25) is 5.88 Å². The highest BCUT2D eigenvalue weighted by atomic mass is 16.5. The lowest BCUT2D eigenvalue weighted by atomic mass is 9.86. The highest BCUT2D eigenvalue weighted by Crippen LogP contribution is 2.33. The van der Waals surface area contributed by atoms with Gasteiger partial charge < -0.3 is 18.8 Å². The molecule has 1 fully saturated rings. The molecule has 8 nitrogen and oxygen atoms in total. The molecule has 1 saturated heterocycles. The molecule has 6 rings (SSSR count). The number of carbonyl (C=O) groups is 1. The minimum atomic E-state index is -0.445. The number of imidazole rings is 1. The number of fused-ring (bicyclic) bond motifs is 1. The van der Waals surface area contributed by atoms with Crippen molar-refractivity contribution < 1.29 is 19.0 Å². The number of pyridine rings is 2. The van der Waals surface area contributed by atoms with Crippen molar-refractivity contribution in [1.29, 1.82) is 0 Å². The fourth-order valence-electron chi connectivity index (χ4n) is 5.22. The summed E-state index contributed by atoms with van der Waals surface area (Å²) >= 11 is 0. The zero-order chi connectivity index (χ0) is 26.6. The number of ether oxygens (including phenoxy) is 3. The van der Waals surface area contributed by atoms with Crippen LogP contribution in [-0.4, -0.2) is 45.3 Å². The Kier molecular flexibility index (Phi) is 7.36. The summed E-state index contributed by atoms with van der Waals surface area (Å²) in [7, 11) is 1.37. The van der Waals surface area contributed by atoms with Crippen molar-refractivity contribution in [3.63, 3.8) is 0 Å². The lowest BCUT2D eigenvalue weighted by Crippen LogP contribution is -2.32. The first-order chi connectivity index (χ1) is 19.2. The van der Waals surface area contributed by atoms with Crippen LogP contribution in [0.2, 0.25) is 0 Å². The number of hydrogen-bond donors (Lipinski definition) is 0. The topological polar surface area (TPSA) is 88.4 Å². The molecule has 200 valence electrons. The first-order valence-corrected chi connectivity index (χ1v) is 13.6. The van der Waals surface area contributed by atoms with Gasteiger partial charge in [0.15, 0.2) is 11.3 Å². The lowest BCUT2D eigenvalue weighted by Gasteiger charge is -2.28. The smallest absolute Gasteiger partial charge is 0.356 e. The van der Waals surface area contributed by atoms with Crippen LogP contribution in [0.15, 0.2) is 66.7 Å². The maximum atomic E-state index is 12.1. The zero-order valence-corrected chi connectivity index (χ0v) is 22.1. The van der Waals surface area contributed by atoms with Crippen molar-refractivity contribution in [2.75, 3.05) is 13.7 Å². The molecule has 0 N–H and O–H groups in total. The second-order valence-electron chi connectivity index (χ2n) is 10.2.